The number of nitrogens with one attached hydrogen (secondary N) is 1. The number of nitrogens with zero attached hydrogens (tertiary/aromatic N) is 2. The van der Waals surface area contributed by atoms with Gasteiger partial charge in [-0.05, 0) is 36.4 Å². The van der Waals surface area contributed by atoms with E-state index in [1.165, 1.54) is 22.5 Å². The molecule has 3 aromatic heterocycles. The van der Waals surface area contributed by atoms with Crippen molar-refractivity contribution in [2.45, 2.75) is 31.8 Å². The van der Waals surface area contributed by atoms with Gasteiger partial charge in [-0.15, -0.1) is 22.7 Å². The summed E-state index contributed by atoms with van der Waals surface area (Å²) in [6, 6.07) is 7.65. The molecule has 0 unspecified atom stereocenters. The zero-order valence-electron chi connectivity index (χ0n) is 13.9. The fraction of sp³-hybridized carbons (Fsp3) is 0.278. The van der Waals surface area contributed by atoms with Gasteiger partial charge in [0.15, 0.2) is 10.9 Å². The summed E-state index contributed by atoms with van der Waals surface area (Å²) in [7, 11) is 0. The number of hydrogen-bond donors (Lipinski definition) is 1. The van der Waals surface area contributed by atoms with Gasteiger partial charge in [0.05, 0.1) is 24.9 Å². The van der Waals surface area contributed by atoms with Crippen LogP contribution >= 0.6 is 22.7 Å². The van der Waals surface area contributed by atoms with E-state index in [0.717, 1.165) is 12.8 Å². The van der Waals surface area contributed by atoms with Crippen molar-refractivity contribution >= 4 is 39.6 Å². The van der Waals surface area contributed by atoms with E-state index >= 15 is 0 Å². The average Bonchev–Trinajstić information content (AvgIpc) is 3.07. The summed E-state index contributed by atoms with van der Waals surface area (Å²) >= 11 is 2.97. The summed E-state index contributed by atoms with van der Waals surface area (Å²) in [5, 5.41) is 6.99. The Hall–Kier alpha value is -2.45. The molecular formula is C18H17N3O3S2. The lowest BCUT2D eigenvalue weighted by molar-refractivity contribution is -0.131. The highest BCUT2D eigenvalue weighted by molar-refractivity contribution is 7.14. The number of furan rings is 1. The molecule has 3 heterocycles. The minimum Gasteiger partial charge on any atom is -0.459 e. The van der Waals surface area contributed by atoms with Gasteiger partial charge in [0, 0.05) is 16.3 Å². The number of hydrogen-bond acceptors (Lipinski definition) is 6. The molecule has 0 radical (unpaired) electrons. The molecule has 1 saturated carbocycles. The van der Waals surface area contributed by atoms with E-state index in [1.807, 2.05) is 21.7 Å². The van der Waals surface area contributed by atoms with E-state index in [-0.39, 0.29) is 24.0 Å². The molecule has 1 aliphatic rings. The second-order valence-corrected chi connectivity index (χ2v) is 7.97. The van der Waals surface area contributed by atoms with Crippen LogP contribution < -0.4 is 5.32 Å². The third-order valence-electron chi connectivity index (χ3n) is 4.06. The van der Waals surface area contributed by atoms with Crippen LogP contribution in [0.25, 0.3) is 0 Å². The van der Waals surface area contributed by atoms with Crippen LogP contribution in [-0.4, -0.2) is 27.7 Å². The van der Waals surface area contributed by atoms with Crippen LogP contribution in [0.4, 0.5) is 5.13 Å². The van der Waals surface area contributed by atoms with Crippen LogP contribution in [0.3, 0.4) is 0 Å². The third-order valence-corrected chi connectivity index (χ3v) is 5.73. The highest BCUT2D eigenvalue weighted by atomic mass is 32.1. The molecule has 0 aliphatic heterocycles. The molecule has 0 atom stereocenters. The van der Waals surface area contributed by atoms with Crippen molar-refractivity contribution in [1.29, 1.82) is 0 Å². The van der Waals surface area contributed by atoms with Gasteiger partial charge in [-0.2, -0.15) is 0 Å². The first-order chi connectivity index (χ1) is 12.7. The maximum Gasteiger partial charge on any atom is 0.293 e. The van der Waals surface area contributed by atoms with Crippen molar-refractivity contribution in [2.75, 3.05) is 5.32 Å². The van der Waals surface area contributed by atoms with Gasteiger partial charge in [0.25, 0.3) is 5.91 Å². The Bertz CT molecular complexity index is 883. The first kappa shape index (κ1) is 17.0. The van der Waals surface area contributed by atoms with Gasteiger partial charge in [-0.25, -0.2) is 4.98 Å². The summed E-state index contributed by atoms with van der Waals surface area (Å²) in [6.07, 6.45) is 3.83. The Morgan fingerprint density at radius 3 is 2.85 bits per heavy atom. The number of amides is 2. The summed E-state index contributed by atoms with van der Waals surface area (Å²) < 4.78 is 5.06. The topological polar surface area (TPSA) is 75.4 Å². The van der Waals surface area contributed by atoms with Crippen LogP contribution in [-0.2, 0) is 17.8 Å². The van der Waals surface area contributed by atoms with E-state index in [4.69, 9.17) is 4.42 Å². The normalized spacial score (nSPS) is 13.5. The molecule has 6 nitrogen and oxygen atoms in total. The Balaban J connectivity index is 1.38. The molecule has 0 spiro atoms. The van der Waals surface area contributed by atoms with Crippen molar-refractivity contribution in [3.63, 3.8) is 0 Å². The second-order valence-electron chi connectivity index (χ2n) is 6.08. The van der Waals surface area contributed by atoms with Crippen LogP contribution in [0.2, 0.25) is 0 Å². The highest BCUT2D eigenvalue weighted by Crippen LogP contribution is 2.30. The van der Waals surface area contributed by atoms with E-state index < -0.39 is 0 Å². The second kappa shape index (κ2) is 7.43. The highest BCUT2D eigenvalue weighted by Gasteiger charge is 2.32. The molecule has 1 fully saturated rings. The monoisotopic (exact) mass is 387 g/mol. The fourth-order valence-corrected chi connectivity index (χ4v) is 4.05. The Morgan fingerprint density at radius 1 is 1.27 bits per heavy atom. The Labute approximate surface area is 158 Å². The Kier molecular flexibility index (Phi) is 4.85. The van der Waals surface area contributed by atoms with Gasteiger partial charge >= 0.3 is 0 Å². The van der Waals surface area contributed by atoms with Crippen molar-refractivity contribution < 1.29 is 14.0 Å². The number of carbonyl (C=O) groups excluding carboxylic acids is 2. The molecule has 1 aliphatic carbocycles. The van der Waals surface area contributed by atoms with Crippen molar-refractivity contribution in [1.82, 2.24) is 9.88 Å². The molecule has 3 aromatic rings. The average molecular weight is 387 g/mol. The van der Waals surface area contributed by atoms with Crippen LogP contribution in [0.15, 0.2) is 45.7 Å². The quantitative estimate of drug-likeness (QED) is 0.669. The molecule has 0 bridgehead atoms. The number of thiophene rings is 1. The summed E-state index contributed by atoms with van der Waals surface area (Å²) in [6.45, 7) is 0.660. The van der Waals surface area contributed by atoms with Crippen molar-refractivity contribution in [3.8, 4) is 0 Å². The number of aromatic nitrogens is 1. The number of anilines is 1. The molecule has 26 heavy (non-hydrogen) atoms. The fourth-order valence-electron chi connectivity index (χ4n) is 2.65. The standard InChI is InChI=1S/C18H17N3O3S2/c22-16(21(13-5-6-13)10-14-3-2-8-25-14)9-12-11-26-18(19-12)20-17(23)15-4-1-7-24-15/h1-4,7-8,11,13H,5-6,9-10H2,(H,19,20,23). The molecule has 8 heteroatoms. The third kappa shape index (κ3) is 4.03. The van der Waals surface area contributed by atoms with Gasteiger partial charge < -0.3 is 9.32 Å². The zero-order valence-corrected chi connectivity index (χ0v) is 15.5. The van der Waals surface area contributed by atoms with Crippen LogP contribution in [0.1, 0.15) is 34.0 Å². The van der Waals surface area contributed by atoms with E-state index in [2.05, 4.69) is 16.4 Å². The minimum atomic E-state index is -0.348. The predicted molar refractivity (Wildman–Crippen MR) is 100 cm³/mol. The summed E-state index contributed by atoms with van der Waals surface area (Å²) in [5.41, 5.74) is 0.673. The first-order valence-electron chi connectivity index (χ1n) is 8.30. The largest absolute Gasteiger partial charge is 0.459 e. The maximum atomic E-state index is 12.7. The lowest BCUT2D eigenvalue weighted by Crippen LogP contribution is -2.33. The van der Waals surface area contributed by atoms with Gasteiger partial charge in [-0.3, -0.25) is 14.9 Å². The number of carbonyl (C=O) groups is 2. The van der Waals surface area contributed by atoms with E-state index in [1.54, 1.807) is 23.5 Å². The molecule has 134 valence electrons. The molecule has 1 N–H and O–H groups in total. The molecule has 2 amide bonds. The molecule has 4 rings (SSSR count). The molecule has 0 aromatic carbocycles. The number of rotatable bonds is 7. The van der Waals surface area contributed by atoms with Gasteiger partial charge in [0.1, 0.15) is 0 Å². The van der Waals surface area contributed by atoms with E-state index in [9.17, 15) is 9.59 Å². The SMILES string of the molecule is O=C(Nc1nc(CC(=O)N(Cc2cccs2)C2CC2)cs1)c1ccco1. The zero-order chi connectivity index (χ0) is 17.9. The number of thiazole rings is 1. The Morgan fingerprint density at radius 2 is 2.15 bits per heavy atom. The summed E-state index contributed by atoms with van der Waals surface area (Å²) in [4.78, 5) is 32.2. The van der Waals surface area contributed by atoms with Crippen molar-refractivity contribution in [2.24, 2.45) is 0 Å². The lowest BCUT2D eigenvalue weighted by Gasteiger charge is -2.21. The lowest BCUT2D eigenvalue weighted by atomic mass is 10.3. The van der Waals surface area contributed by atoms with Crippen LogP contribution in [0.5, 0.6) is 0 Å². The first-order valence-corrected chi connectivity index (χ1v) is 10.1. The predicted octanol–water partition coefficient (Wildman–Crippen LogP) is 3.78. The van der Waals surface area contributed by atoms with Gasteiger partial charge in [-0.1, -0.05) is 6.07 Å². The smallest absolute Gasteiger partial charge is 0.293 e. The van der Waals surface area contributed by atoms with Crippen LogP contribution in [0, 0.1) is 0 Å². The van der Waals surface area contributed by atoms with Crippen molar-refractivity contribution in [3.05, 3.63) is 57.6 Å². The molecular weight excluding hydrogens is 370 g/mol. The minimum absolute atomic E-state index is 0.0788. The van der Waals surface area contributed by atoms with E-state index in [0.29, 0.717) is 23.4 Å². The maximum absolute atomic E-state index is 12.7. The van der Waals surface area contributed by atoms with Gasteiger partial charge in [0.2, 0.25) is 5.91 Å². The molecule has 0 saturated heterocycles. The summed E-state index contributed by atoms with van der Waals surface area (Å²) in [5.74, 6) is -0.0386.